The second kappa shape index (κ2) is 12.1. The molecule has 0 aliphatic carbocycles. The molecule has 0 saturated heterocycles. The quantitative estimate of drug-likeness (QED) is 0.180. The normalized spacial score (nSPS) is 11.7. The Kier molecular flexibility index (Phi) is 6.79. The number of benzene rings is 8. The van der Waals surface area contributed by atoms with E-state index in [1.807, 2.05) is 78.9 Å². The van der Waals surface area contributed by atoms with Gasteiger partial charge in [0, 0.05) is 38.2 Å². The van der Waals surface area contributed by atoms with Gasteiger partial charge < -0.3 is 8.83 Å². The van der Waals surface area contributed by atoms with Gasteiger partial charge in [0.25, 0.3) is 0 Å². The van der Waals surface area contributed by atoms with Crippen LogP contribution in [-0.2, 0) is 0 Å². The first-order valence-electron chi connectivity index (χ1n) is 18.0. The molecule has 0 saturated carbocycles. The van der Waals surface area contributed by atoms with Crippen LogP contribution in [0.5, 0.6) is 0 Å². The van der Waals surface area contributed by atoms with E-state index in [0.717, 1.165) is 93.6 Å². The fourth-order valence-electron chi connectivity index (χ4n) is 7.81. The van der Waals surface area contributed by atoms with Crippen LogP contribution >= 0.6 is 0 Å². The summed E-state index contributed by atoms with van der Waals surface area (Å²) in [5, 5.41) is 6.42. The van der Waals surface area contributed by atoms with E-state index in [0.29, 0.717) is 17.5 Å². The molecule has 3 heterocycles. The lowest BCUT2D eigenvalue weighted by Gasteiger charge is -2.14. The molecule has 0 fully saturated rings. The monoisotopic (exact) mass is 691 g/mol. The second-order valence-electron chi connectivity index (χ2n) is 13.5. The molecule has 0 bridgehead atoms. The maximum Gasteiger partial charge on any atom is 0.164 e. The molecular formula is C49H29N3O2. The van der Waals surface area contributed by atoms with Gasteiger partial charge in [-0.05, 0) is 75.5 Å². The molecule has 54 heavy (non-hydrogen) atoms. The molecule has 0 atom stereocenters. The molecule has 0 spiro atoms. The molecular weight excluding hydrogens is 663 g/mol. The minimum absolute atomic E-state index is 0.598. The van der Waals surface area contributed by atoms with Crippen molar-refractivity contribution in [2.45, 2.75) is 0 Å². The number of rotatable bonds is 5. The first kappa shape index (κ1) is 30.3. The van der Waals surface area contributed by atoms with Gasteiger partial charge in [0.15, 0.2) is 17.5 Å². The summed E-state index contributed by atoms with van der Waals surface area (Å²) in [5.74, 6) is 1.82. The zero-order chi connectivity index (χ0) is 35.6. The molecule has 0 aliphatic rings. The Morgan fingerprint density at radius 2 is 0.833 bits per heavy atom. The summed E-state index contributed by atoms with van der Waals surface area (Å²) in [7, 11) is 0. The van der Waals surface area contributed by atoms with Gasteiger partial charge in [-0.3, -0.25) is 0 Å². The molecule has 252 valence electrons. The number of nitrogens with zero attached hydrogens (tertiary/aromatic N) is 3. The SMILES string of the molecule is c1ccc(-c2cc(-c3cccc4c(-c5nc(-c6ccccc6)nc(-c6ccc7oc8ccccc8c7c6)n5)cccc34)c3c(c2)oc2ccccc23)cc1. The Hall–Kier alpha value is -7.37. The largest absolute Gasteiger partial charge is 0.456 e. The zero-order valence-corrected chi connectivity index (χ0v) is 28.9. The molecule has 11 rings (SSSR count). The minimum Gasteiger partial charge on any atom is -0.456 e. The first-order chi connectivity index (χ1) is 26.7. The average Bonchev–Trinajstić information content (AvgIpc) is 3.81. The lowest BCUT2D eigenvalue weighted by Crippen LogP contribution is -2.00. The van der Waals surface area contributed by atoms with Gasteiger partial charge in [-0.25, -0.2) is 15.0 Å². The molecule has 0 aliphatic heterocycles. The Labute approximate surface area is 309 Å². The van der Waals surface area contributed by atoms with Crippen LogP contribution in [0.15, 0.2) is 185 Å². The Morgan fingerprint density at radius 1 is 0.278 bits per heavy atom. The summed E-state index contributed by atoms with van der Waals surface area (Å²) in [6.07, 6.45) is 0. The standard InChI is InChI=1S/C49H29N3O2/c1-3-13-30(14-4-1)33-28-41(46-39-18-8-10-24-43(39)54-45(46)29-33)36-21-11-20-35-34(36)19-12-22-38(35)49-51-47(31-15-5-2-6-16-31)50-48(52-49)32-25-26-44-40(27-32)37-17-7-9-23-42(37)53-44/h1-29H. The van der Waals surface area contributed by atoms with E-state index in [1.165, 1.54) is 0 Å². The van der Waals surface area contributed by atoms with Crippen LogP contribution in [0.3, 0.4) is 0 Å². The van der Waals surface area contributed by atoms with E-state index in [2.05, 4.69) is 97.1 Å². The number of hydrogen-bond acceptors (Lipinski definition) is 5. The minimum atomic E-state index is 0.598. The maximum atomic E-state index is 6.50. The van der Waals surface area contributed by atoms with Crippen LogP contribution in [-0.4, -0.2) is 15.0 Å². The molecule has 0 radical (unpaired) electrons. The third kappa shape index (κ3) is 4.90. The number of para-hydroxylation sites is 2. The van der Waals surface area contributed by atoms with Crippen LogP contribution in [0.4, 0.5) is 0 Å². The van der Waals surface area contributed by atoms with Crippen LogP contribution in [0, 0.1) is 0 Å². The van der Waals surface area contributed by atoms with Crippen molar-refractivity contribution in [1.29, 1.82) is 0 Å². The van der Waals surface area contributed by atoms with Crippen LogP contribution in [0.25, 0.3) is 111 Å². The van der Waals surface area contributed by atoms with Gasteiger partial charge in [0.05, 0.1) is 0 Å². The Morgan fingerprint density at radius 3 is 1.61 bits per heavy atom. The highest BCUT2D eigenvalue weighted by molar-refractivity contribution is 6.17. The summed E-state index contributed by atoms with van der Waals surface area (Å²) < 4.78 is 12.6. The van der Waals surface area contributed by atoms with Crippen molar-refractivity contribution < 1.29 is 8.83 Å². The van der Waals surface area contributed by atoms with Crippen molar-refractivity contribution in [3.8, 4) is 56.4 Å². The molecule has 0 N–H and O–H groups in total. The third-order valence-electron chi connectivity index (χ3n) is 10.3. The molecule has 5 nitrogen and oxygen atoms in total. The van der Waals surface area contributed by atoms with Gasteiger partial charge in [0.2, 0.25) is 0 Å². The van der Waals surface area contributed by atoms with Crippen LogP contribution < -0.4 is 0 Å². The summed E-state index contributed by atoms with van der Waals surface area (Å²) in [6.45, 7) is 0. The fourth-order valence-corrected chi connectivity index (χ4v) is 7.81. The first-order valence-corrected chi connectivity index (χ1v) is 18.0. The highest BCUT2D eigenvalue weighted by Gasteiger charge is 2.20. The predicted octanol–water partition coefficient (Wildman–Crippen LogP) is 13.2. The van der Waals surface area contributed by atoms with Crippen molar-refractivity contribution in [3.63, 3.8) is 0 Å². The van der Waals surface area contributed by atoms with E-state index >= 15 is 0 Å². The molecule has 3 aromatic heterocycles. The van der Waals surface area contributed by atoms with Gasteiger partial charge in [-0.15, -0.1) is 0 Å². The fraction of sp³-hybridized carbons (Fsp3) is 0. The molecule has 8 aromatic carbocycles. The summed E-state index contributed by atoms with van der Waals surface area (Å²) in [4.78, 5) is 15.4. The van der Waals surface area contributed by atoms with Crippen LogP contribution in [0.2, 0.25) is 0 Å². The highest BCUT2D eigenvalue weighted by Crippen LogP contribution is 2.43. The van der Waals surface area contributed by atoms with Gasteiger partial charge in [0.1, 0.15) is 22.3 Å². The third-order valence-corrected chi connectivity index (χ3v) is 10.3. The smallest absolute Gasteiger partial charge is 0.164 e. The van der Waals surface area contributed by atoms with Crippen molar-refractivity contribution in [1.82, 2.24) is 15.0 Å². The molecule has 0 unspecified atom stereocenters. The van der Waals surface area contributed by atoms with E-state index in [4.69, 9.17) is 23.8 Å². The number of hydrogen-bond donors (Lipinski definition) is 0. The second-order valence-corrected chi connectivity index (χ2v) is 13.5. The maximum absolute atomic E-state index is 6.50. The van der Waals surface area contributed by atoms with E-state index in [9.17, 15) is 0 Å². The van der Waals surface area contributed by atoms with Gasteiger partial charge in [-0.1, -0.05) is 133 Å². The molecule has 0 amide bonds. The summed E-state index contributed by atoms with van der Waals surface area (Å²) >= 11 is 0. The Balaban J connectivity index is 1.14. The van der Waals surface area contributed by atoms with Crippen molar-refractivity contribution >= 4 is 54.6 Å². The average molecular weight is 692 g/mol. The lowest BCUT2D eigenvalue weighted by molar-refractivity contribution is 0.668. The topological polar surface area (TPSA) is 65.0 Å². The number of fused-ring (bicyclic) bond motifs is 7. The molecule has 11 aromatic rings. The van der Waals surface area contributed by atoms with E-state index < -0.39 is 0 Å². The van der Waals surface area contributed by atoms with Gasteiger partial charge >= 0.3 is 0 Å². The van der Waals surface area contributed by atoms with E-state index in [-0.39, 0.29) is 0 Å². The zero-order valence-electron chi connectivity index (χ0n) is 28.9. The van der Waals surface area contributed by atoms with Crippen molar-refractivity contribution in [2.75, 3.05) is 0 Å². The number of furan rings is 2. The van der Waals surface area contributed by atoms with Crippen LogP contribution in [0.1, 0.15) is 0 Å². The highest BCUT2D eigenvalue weighted by atomic mass is 16.3. The van der Waals surface area contributed by atoms with E-state index in [1.54, 1.807) is 0 Å². The van der Waals surface area contributed by atoms with Gasteiger partial charge in [-0.2, -0.15) is 0 Å². The molecule has 5 heteroatoms. The predicted molar refractivity (Wildman–Crippen MR) is 219 cm³/mol. The van der Waals surface area contributed by atoms with Crippen molar-refractivity contribution in [2.24, 2.45) is 0 Å². The summed E-state index contributed by atoms with van der Waals surface area (Å²) in [5.41, 5.74) is 10.6. The number of aromatic nitrogens is 3. The Bertz CT molecular complexity index is 3220. The van der Waals surface area contributed by atoms with Crippen molar-refractivity contribution in [3.05, 3.63) is 176 Å². The summed E-state index contributed by atoms with van der Waals surface area (Å²) in [6, 6.07) is 60.5. The lowest BCUT2D eigenvalue weighted by atomic mass is 9.90.